The van der Waals surface area contributed by atoms with Crippen LogP contribution in [0.25, 0.3) is 16.7 Å². The summed E-state index contributed by atoms with van der Waals surface area (Å²) >= 11 is 0. The topological polar surface area (TPSA) is 50.2 Å². The summed E-state index contributed by atoms with van der Waals surface area (Å²) in [5, 5.41) is 3.19. The Hall–Kier alpha value is -2.66. The van der Waals surface area contributed by atoms with Crippen LogP contribution in [0.5, 0.6) is 0 Å². The van der Waals surface area contributed by atoms with Crippen LogP contribution >= 0.6 is 0 Å². The zero-order valence-corrected chi connectivity index (χ0v) is 15.3. The van der Waals surface area contributed by atoms with Gasteiger partial charge in [-0.1, -0.05) is 18.2 Å². The fraction of sp³-hybridized carbons (Fsp3) is 0.333. The molecule has 1 N–H and O–H groups in total. The van der Waals surface area contributed by atoms with Crippen molar-refractivity contribution in [3.8, 4) is 5.69 Å². The first kappa shape index (κ1) is 16.8. The van der Waals surface area contributed by atoms with E-state index in [1.165, 1.54) is 0 Å². The smallest absolute Gasteiger partial charge is 0.254 e. The van der Waals surface area contributed by atoms with Crippen LogP contribution < -0.4 is 5.32 Å². The van der Waals surface area contributed by atoms with Crippen molar-refractivity contribution >= 4 is 16.9 Å². The SMILES string of the molecule is CNCC1CCCN1C(=O)c1ccc2c(c1)nc(C)n2-c1ccccc1. The van der Waals surface area contributed by atoms with Gasteiger partial charge in [0.1, 0.15) is 5.82 Å². The van der Waals surface area contributed by atoms with Crippen LogP contribution in [0.15, 0.2) is 48.5 Å². The number of aromatic nitrogens is 2. The molecule has 134 valence electrons. The maximum atomic E-state index is 13.0. The fourth-order valence-corrected chi connectivity index (χ4v) is 3.95. The van der Waals surface area contributed by atoms with E-state index >= 15 is 0 Å². The molecule has 0 aliphatic carbocycles. The van der Waals surface area contributed by atoms with Crippen molar-refractivity contribution in [3.05, 3.63) is 59.9 Å². The lowest BCUT2D eigenvalue weighted by Gasteiger charge is -2.24. The van der Waals surface area contributed by atoms with E-state index in [1.807, 2.05) is 55.3 Å². The lowest BCUT2D eigenvalue weighted by molar-refractivity contribution is 0.0737. The fourth-order valence-electron chi connectivity index (χ4n) is 3.95. The first-order chi connectivity index (χ1) is 12.7. The standard InChI is InChI=1S/C21H24N4O/c1-15-23-19-13-16(21(26)24-12-6-9-18(24)14-22-2)10-11-20(19)25(15)17-7-4-3-5-8-17/h3-5,7-8,10-11,13,18,22H,6,9,12,14H2,1-2H3. The number of hydrogen-bond acceptors (Lipinski definition) is 3. The van der Waals surface area contributed by atoms with Gasteiger partial charge in [-0.25, -0.2) is 4.98 Å². The summed E-state index contributed by atoms with van der Waals surface area (Å²) in [6.45, 7) is 3.67. The van der Waals surface area contributed by atoms with E-state index in [0.717, 1.165) is 54.0 Å². The van der Waals surface area contributed by atoms with E-state index in [-0.39, 0.29) is 11.9 Å². The number of nitrogens with zero attached hydrogens (tertiary/aromatic N) is 3. The Balaban J connectivity index is 1.70. The summed E-state index contributed by atoms with van der Waals surface area (Å²) in [5.74, 6) is 1.03. The van der Waals surface area contributed by atoms with Gasteiger partial charge in [-0.15, -0.1) is 0 Å². The van der Waals surface area contributed by atoms with Crippen molar-refractivity contribution in [2.24, 2.45) is 0 Å². The van der Waals surface area contributed by atoms with E-state index in [2.05, 4.69) is 22.0 Å². The first-order valence-corrected chi connectivity index (χ1v) is 9.19. The van der Waals surface area contributed by atoms with Gasteiger partial charge in [0, 0.05) is 30.4 Å². The number of para-hydroxylation sites is 1. The third-order valence-corrected chi connectivity index (χ3v) is 5.16. The summed E-state index contributed by atoms with van der Waals surface area (Å²) in [5.41, 5.74) is 3.69. The number of nitrogens with one attached hydrogen (secondary N) is 1. The predicted molar refractivity (Wildman–Crippen MR) is 104 cm³/mol. The number of imidazole rings is 1. The number of fused-ring (bicyclic) bond motifs is 1. The van der Waals surface area contributed by atoms with Crippen LogP contribution in [0.2, 0.25) is 0 Å². The van der Waals surface area contributed by atoms with Gasteiger partial charge in [0.05, 0.1) is 11.0 Å². The summed E-state index contributed by atoms with van der Waals surface area (Å²) in [6, 6.07) is 16.3. The van der Waals surface area contributed by atoms with Crippen molar-refractivity contribution < 1.29 is 4.79 Å². The number of benzene rings is 2. The Kier molecular flexibility index (Phi) is 4.47. The van der Waals surface area contributed by atoms with Crippen LogP contribution in [-0.4, -0.2) is 46.5 Å². The van der Waals surface area contributed by atoms with Gasteiger partial charge in [-0.05, 0) is 57.1 Å². The van der Waals surface area contributed by atoms with Crippen LogP contribution in [0.4, 0.5) is 0 Å². The molecule has 1 fully saturated rings. The Morgan fingerprint density at radius 3 is 2.81 bits per heavy atom. The number of rotatable bonds is 4. The highest BCUT2D eigenvalue weighted by Gasteiger charge is 2.29. The van der Waals surface area contributed by atoms with E-state index in [4.69, 9.17) is 4.98 Å². The van der Waals surface area contributed by atoms with Gasteiger partial charge in [0.15, 0.2) is 0 Å². The van der Waals surface area contributed by atoms with Gasteiger partial charge < -0.3 is 10.2 Å². The molecule has 26 heavy (non-hydrogen) atoms. The van der Waals surface area contributed by atoms with Gasteiger partial charge in [0.2, 0.25) is 0 Å². The van der Waals surface area contributed by atoms with E-state index in [1.54, 1.807) is 0 Å². The summed E-state index contributed by atoms with van der Waals surface area (Å²) in [6.07, 6.45) is 2.14. The molecule has 1 saturated heterocycles. The maximum absolute atomic E-state index is 13.0. The summed E-state index contributed by atoms with van der Waals surface area (Å²) in [7, 11) is 1.94. The largest absolute Gasteiger partial charge is 0.334 e. The minimum atomic E-state index is 0.108. The van der Waals surface area contributed by atoms with Crippen LogP contribution in [0.1, 0.15) is 29.0 Å². The Labute approximate surface area is 153 Å². The molecule has 0 saturated carbocycles. The number of amides is 1. The summed E-state index contributed by atoms with van der Waals surface area (Å²) < 4.78 is 2.13. The number of hydrogen-bond donors (Lipinski definition) is 1. The molecule has 1 unspecified atom stereocenters. The molecular weight excluding hydrogens is 324 g/mol. The third kappa shape index (κ3) is 2.88. The molecule has 0 radical (unpaired) electrons. The zero-order valence-electron chi connectivity index (χ0n) is 15.3. The molecule has 2 heterocycles. The minimum Gasteiger partial charge on any atom is -0.334 e. The molecule has 5 nitrogen and oxygen atoms in total. The van der Waals surface area contributed by atoms with Crippen LogP contribution in [0, 0.1) is 6.92 Å². The predicted octanol–water partition coefficient (Wildman–Crippen LogP) is 3.16. The monoisotopic (exact) mass is 348 g/mol. The quantitative estimate of drug-likeness (QED) is 0.788. The second-order valence-corrected chi connectivity index (χ2v) is 6.89. The van der Waals surface area contributed by atoms with Gasteiger partial charge in [-0.3, -0.25) is 9.36 Å². The van der Waals surface area contributed by atoms with Crippen molar-refractivity contribution in [1.82, 2.24) is 19.8 Å². The first-order valence-electron chi connectivity index (χ1n) is 9.19. The molecule has 2 aromatic carbocycles. The molecule has 3 aromatic rings. The Morgan fingerprint density at radius 2 is 2.04 bits per heavy atom. The zero-order chi connectivity index (χ0) is 18.1. The van der Waals surface area contributed by atoms with Crippen molar-refractivity contribution in [2.45, 2.75) is 25.8 Å². The van der Waals surface area contributed by atoms with Crippen molar-refractivity contribution in [2.75, 3.05) is 20.1 Å². The highest BCUT2D eigenvalue weighted by molar-refractivity contribution is 5.98. The van der Waals surface area contributed by atoms with Gasteiger partial charge >= 0.3 is 0 Å². The second kappa shape index (κ2) is 6.92. The number of aryl methyl sites for hydroxylation is 1. The molecule has 1 atom stereocenters. The average molecular weight is 348 g/mol. The van der Waals surface area contributed by atoms with Crippen LogP contribution in [0.3, 0.4) is 0 Å². The average Bonchev–Trinajstić information content (AvgIpc) is 3.25. The second-order valence-electron chi connectivity index (χ2n) is 6.89. The molecular formula is C21H24N4O. The van der Waals surface area contributed by atoms with Gasteiger partial charge in [-0.2, -0.15) is 0 Å². The molecule has 0 bridgehead atoms. The number of carbonyl (C=O) groups is 1. The molecule has 0 spiro atoms. The third-order valence-electron chi connectivity index (χ3n) is 5.16. The number of likely N-dealkylation sites (tertiary alicyclic amines) is 1. The lowest BCUT2D eigenvalue weighted by atomic mass is 10.1. The minimum absolute atomic E-state index is 0.108. The van der Waals surface area contributed by atoms with Crippen LogP contribution in [-0.2, 0) is 0 Å². The molecule has 4 rings (SSSR count). The molecule has 1 aliphatic rings. The Morgan fingerprint density at radius 1 is 1.23 bits per heavy atom. The normalized spacial score (nSPS) is 17.2. The molecule has 1 aliphatic heterocycles. The molecule has 1 amide bonds. The molecule has 5 heteroatoms. The summed E-state index contributed by atoms with van der Waals surface area (Å²) in [4.78, 5) is 19.7. The van der Waals surface area contributed by atoms with Crippen molar-refractivity contribution in [1.29, 1.82) is 0 Å². The lowest BCUT2D eigenvalue weighted by Crippen LogP contribution is -2.40. The van der Waals surface area contributed by atoms with Gasteiger partial charge in [0.25, 0.3) is 5.91 Å². The maximum Gasteiger partial charge on any atom is 0.254 e. The number of likely N-dealkylation sites (N-methyl/N-ethyl adjacent to an activating group) is 1. The molecule has 1 aromatic heterocycles. The van der Waals surface area contributed by atoms with E-state index in [9.17, 15) is 4.79 Å². The Bertz CT molecular complexity index is 932. The highest BCUT2D eigenvalue weighted by Crippen LogP contribution is 2.25. The van der Waals surface area contributed by atoms with Crippen molar-refractivity contribution in [3.63, 3.8) is 0 Å². The van der Waals surface area contributed by atoms with E-state index < -0.39 is 0 Å². The van der Waals surface area contributed by atoms with E-state index in [0.29, 0.717) is 0 Å². The highest BCUT2D eigenvalue weighted by atomic mass is 16.2. The number of carbonyl (C=O) groups excluding carboxylic acids is 1.